The molecule has 114 valence electrons. The summed E-state index contributed by atoms with van der Waals surface area (Å²) in [4.78, 5) is 22.9. The zero-order valence-corrected chi connectivity index (χ0v) is 12.5. The molecule has 0 fully saturated rings. The van der Waals surface area contributed by atoms with Gasteiger partial charge in [0.1, 0.15) is 0 Å². The number of hydrogen-bond acceptors (Lipinski definition) is 2. The summed E-state index contributed by atoms with van der Waals surface area (Å²) in [6.07, 6.45) is 10.6. The molecule has 0 saturated carbocycles. The lowest BCUT2D eigenvalue weighted by molar-refractivity contribution is -0.120. The molecule has 1 unspecified atom stereocenters. The van der Waals surface area contributed by atoms with Crippen LogP contribution in [0.1, 0.15) is 29.3 Å². The lowest BCUT2D eigenvalue weighted by atomic mass is 10.1. The Bertz CT molecular complexity index is 656. The Morgan fingerprint density at radius 2 is 2.09 bits per heavy atom. The summed E-state index contributed by atoms with van der Waals surface area (Å²) in [7, 11) is 0. The number of carboxylic acid groups (broad SMARTS) is 1. The van der Waals surface area contributed by atoms with Crippen molar-refractivity contribution in [2.75, 3.05) is 0 Å². The van der Waals surface area contributed by atoms with Crippen LogP contribution in [0.5, 0.6) is 0 Å². The van der Waals surface area contributed by atoms with Crippen LogP contribution in [0.15, 0.2) is 60.3 Å². The molecule has 0 aliphatic heterocycles. The van der Waals surface area contributed by atoms with Crippen molar-refractivity contribution in [1.29, 1.82) is 0 Å². The van der Waals surface area contributed by atoms with Gasteiger partial charge in [0, 0.05) is 12.1 Å². The van der Waals surface area contributed by atoms with Crippen molar-refractivity contribution in [2.45, 2.75) is 19.8 Å². The fourth-order valence-electron chi connectivity index (χ4n) is 2.13. The van der Waals surface area contributed by atoms with Crippen LogP contribution in [-0.4, -0.2) is 17.0 Å². The Morgan fingerprint density at radius 1 is 1.27 bits per heavy atom. The largest absolute Gasteiger partial charge is 0.478 e. The minimum atomic E-state index is -0.957. The highest BCUT2D eigenvalue weighted by molar-refractivity contribution is 5.87. The van der Waals surface area contributed by atoms with Gasteiger partial charge in [-0.2, -0.15) is 0 Å². The van der Waals surface area contributed by atoms with Crippen molar-refractivity contribution in [3.05, 3.63) is 71.5 Å². The zero-order valence-electron chi connectivity index (χ0n) is 12.5. The fraction of sp³-hybridized carbons (Fsp3) is 0.222. The first-order valence-corrected chi connectivity index (χ1v) is 7.23. The molecule has 0 spiro atoms. The van der Waals surface area contributed by atoms with Gasteiger partial charge in [-0.15, -0.1) is 0 Å². The van der Waals surface area contributed by atoms with Crippen LogP contribution in [-0.2, 0) is 11.2 Å². The number of allylic oxidation sites excluding steroid dienone is 5. The molecule has 0 heterocycles. The molecule has 4 heteroatoms. The monoisotopic (exact) mass is 297 g/mol. The highest BCUT2D eigenvalue weighted by atomic mass is 16.4. The number of hydrogen-bond donors (Lipinski definition) is 2. The summed E-state index contributed by atoms with van der Waals surface area (Å²) in [5.74, 6) is -0.690. The maximum Gasteiger partial charge on any atom is 0.335 e. The number of amides is 1. The van der Waals surface area contributed by atoms with Gasteiger partial charge in [-0.3, -0.25) is 4.79 Å². The van der Waals surface area contributed by atoms with Gasteiger partial charge < -0.3 is 10.4 Å². The summed E-state index contributed by atoms with van der Waals surface area (Å²) in [5, 5.41) is 11.8. The van der Waals surface area contributed by atoms with E-state index in [1.165, 1.54) is 0 Å². The minimum absolute atomic E-state index is 0.0837. The maximum absolute atomic E-state index is 12.0. The van der Waals surface area contributed by atoms with Crippen molar-refractivity contribution >= 4 is 11.9 Å². The summed E-state index contributed by atoms with van der Waals surface area (Å²) < 4.78 is 0. The molecule has 1 amide bonds. The van der Waals surface area contributed by atoms with Crippen LogP contribution < -0.4 is 5.32 Å². The predicted molar refractivity (Wildman–Crippen MR) is 85.4 cm³/mol. The zero-order chi connectivity index (χ0) is 15.9. The van der Waals surface area contributed by atoms with E-state index >= 15 is 0 Å². The van der Waals surface area contributed by atoms with Gasteiger partial charge in [-0.25, -0.2) is 4.79 Å². The molecule has 0 aromatic heterocycles. The van der Waals surface area contributed by atoms with E-state index in [1.807, 2.05) is 36.4 Å². The SMILES string of the molecule is CC1C=CC=C(NC(=O)CCc2cccc(C(=O)O)c2)C=C1. The average Bonchev–Trinajstić information content (AvgIpc) is 2.70. The van der Waals surface area contributed by atoms with E-state index in [4.69, 9.17) is 5.11 Å². The van der Waals surface area contributed by atoms with Crippen LogP contribution in [0.3, 0.4) is 0 Å². The van der Waals surface area contributed by atoms with Crippen LogP contribution >= 0.6 is 0 Å². The molecule has 0 bridgehead atoms. The van der Waals surface area contributed by atoms with Crippen LogP contribution in [0.4, 0.5) is 0 Å². The van der Waals surface area contributed by atoms with E-state index in [0.717, 1.165) is 11.3 Å². The number of nitrogens with one attached hydrogen (secondary N) is 1. The Labute approximate surface area is 129 Å². The van der Waals surface area contributed by atoms with Crippen molar-refractivity contribution in [2.24, 2.45) is 5.92 Å². The maximum atomic E-state index is 12.0. The molecule has 4 nitrogen and oxygen atoms in total. The van der Waals surface area contributed by atoms with E-state index in [9.17, 15) is 9.59 Å². The Morgan fingerprint density at radius 3 is 2.86 bits per heavy atom. The van der Waals surface area contributed by atoms with E-state index in [0.29, 0.717) is 18.8 Å². The van der Waals surface area contributed by atoms with Gasteiger partial charge in [0.2, 0.25) is 5.91 Å². The van der Waals surface area contributed by atoms with E-state index in [2.05, 4.69) is 12.2 Å². The van der Waals surface area contributed by atoms with Gasteiger partial charge in [-0.05, 0) is 42.2 Å². The third-order valence-corrected chi connectivity index (χ3v) is 3.37. The molecule has 0 radical (unpaired) electrons. The smallest absolute Gasteiger partial charge is 0.335 e. The van der Waals surface area contributed by atoms with Crippen LogP contribution in [0.25, 0.3) is 0 Å². The number of carboxylic acids is 1. The second-order valence-electron chi connectivity index (χ2n) is 5.28. The minimum Gasteiger partial charge on any atom is -0.478 e. The molecule has 1 atom stereocenters. The summed E-state index contributed by atoms with van der Waals surface area (Å²) in [6.45, 7) is 2.07. The molecular weight excluding hydrogens is 278 g/mol. The molecular formula is C18H19NO3. The van der Waals surface area contributed by atoms with Crippen LogP contribution in [0, 0.1) is 5.92 Å². The van der Waals surface area contributed by atoms with Gasteiger partial charge >= 0.3 is 5.97 Å². The van der Waals surface area contributed by atoms with Gasteiger partial charge in [-0.1, -0.05) is 37.3 Å². The number of rotatable bonds is 5. The van der Waals surface area contributed by atoms with Crippen molar-refractivity contribution in [3.63, 3.8) is 0 Å². The van der Waals surface area contributed by atoms with Gasteiger partial charge in [0.05, 0.1) is 5.56 Å². The summed E-state index contributed by atoms with van der Waals surface area (Å²) in [6, 6.07) is 6.67. The van der Waals surface area contributed by atoms with E-state index in [1.54, 1.807) is 18.2 Å². The molecule has 22 heavy (non-hydrogen) atoms. The van der Waals surface area contributed by atoms with Crippen molar-refractivity contribution < 1.29 is 14.7 Å². The normalized spacial score (nSPS) is 16.8. The molecule has 0 saturated heterocycles. The topological polar surface area (TPSA) is 66.4 Å². The highest BCUT2D eigenvalue weighted by Crippen LogP contribution is 2.10. The molecule has 1 aromatic rings. The predicted octanol–water partition coefficient (Wildman–Crippen LogP) is 3.08. The van der Waals surface area contributed by atoms with Crippen molar-refractivity contribution in [1.82, 2.24) is 5.32 Å². The van der Waals surface area contributed by atoms with Gasteiger partial charge in [0.15, 0.2) is 0 Å². The Balaban J connectivity index is 1.89. The third kappa shape index (κ3) is 4.74. The first-order chi connectivity index (χ1) is 10.5. The molecule has 1 aliphatic rings. The van der Waals surface area contributed by atoms with E-state index < -0.39 is 5.97 Å². The molecule has 2 N–H and O–H groups in total. The number of aromatic carboxylic acids is 1. The Hall–Kier alpha value is -2.62. The number of carbonyl (C=O) groups is 2. The van der Waals surface area contributed by atoms with Crippen LogP contribution in [0.2, 0.25) is 0 Å². The standard InChI is InChI=1S/C18H19NO3/c1-13-4-2-7-16(10-8-13)19-17(20)11-9-14-5-3-6-15(12-14)18(21)22/h2-8,10,12-13H,9,11H2,1H3,(H,19,20)(H,21,22). The van der Waals surface area contributed by atoms with E-state index in [-0.39, 0.29) is 11.5 Å². The number of benzene rings is 1. The average molecular weight is 297 g/mol. The quantitative estimate of drug-likeness (QED) is 0.877. The second-order valence-corrected chi connectivity index (χ2v) is 5.28. The first-order valence-electron chi connectivity index (χ1n) is 7.23. The number of carbonyl (C=O) groups excluding carboxylic acids is 1. The molecule has 2 rings (SSSR count). The number of aryl methyl sites for hydroxylation is 1. The summed E-state index contributed by atoms with van der Waals surface area (Å²) in [5.41, 5.74) is 1.85. The third-order valence-electron chi connectivity index (χ3n) is 3.37. The lowest BCUT2D eigenvalue weighted by Gasteiger charge is -2.06. The summed E-state index contributed by atoms with van der Waals surface area (Å²) >= 11 is 0. The first kappa shape index (κ1) is 15.8. The fourth-order valence-corrected chi connectivity index (χ4v) is 2.13. The highest BCUT2D eigenvalue weighted by Gasteiger charge is 2.07. The lowest BCUT2D eigenvalue weighted by Crippen LogP contribution is -2.22. The Kier molecular flexibility index (Phi) is 5.31. The van der Waals surface area contributed by atoms with Crippen molar-refractivity contribution in [3.8, 4) is 0 Å². The molecule has 1 aromatic carbocycles. The van der Waals surface area contributed by atoms with Gasteiger partial charge in [0.25, 0.3) is 0 Å². The molecule has 1 aliphatic carbocycles. The second kappa shape index (κ2) is 7.41.